The minimum atomic E-state index is -1.96. The first-order valence-corrected chi connectivity index (χ1v) is 11.8. The van der Waals surface area contributed by atoms with E-state index in [2.05, 4.69) is 4.98 Å². The topological polar surface area (TPSA) is 94.4 Å². The first-order chi connectivity index (χ1) is 15.0. The second-order valence-electron chi connectivity index (χ2n) is 7.92. The molecule has 1 fully saturated rings. The zero-order valence-corrected chi connectivity index (χ0v) is 18.5. The van der Waals surface area contributed by atoms with Crippen molar-refractivity contribution >= 4 is 39.4 Å². The summed E-state index contributed by atoms with van der Waals surface area (Å²) in [5.74, 6) is 0. The zero-order valence-electron chi connectivity index (χ0n) is 16.9. The molecule has 0 aromatic carbocycles. The fourth-order valence-electron chi connectivity index (χ4n) is 4.15. The monoisotopic (exact) mass is 459 g/mol. The molecule has 0 radical (unpaired) electrons. The van der Waals surface area contributed by atoms with E-state index in [-0.39, 0.29) is 18.3 Å². The quantitative estimate of drug-likeness (QED) is 0.427. The zero-order chi connectivity index (χ0) is 21.7. The molecule has 2 atom stereocenters. The van der Waals surface area contributed by atoms with Crippen LogP contribution in [0, 0.1) is 0 Å². The molecule has 8 nitrogen and oxygen atoms in total. The number of imidazole rings is 2. The Hall–Kier alpha value is -2.49. The number of halogens is 1. The molecule has 2 unspecified atom stereocenters. The molecule has 0 saturated heterocycles. The van der Waals surface area contributed by atoms with E-state index in [1.165, 1.54) is 0 Å². The Morgan fingerprint density at radius 3 is 2.84 bits per heavy atom. The summed E-state index contributed by atoms with van der Waals surface area (Å²) in [7, 11) is 0. The van der Waals surface area contributed by atoms with Crippen molar-refractivity contribution in [2.24, 2.45) is 0 Å². The highest BCUT2D eigenvalue weighted by atomic mass is 35.5. The lowest BCUT2D eigenvalue weighted by molar-refractivity contribution is 0.540. The Bertz CT molecular complexity index is 1370. The van der Waals surface area contributed by atoms with Gasteiger partial charge in [-0.1, -0.05) is 18.5 Å². The van der Waals surface area contributed by atoms with Gasteiger partial charge >= 0.3 is 5.69 Å². The van der Waals surface area contributed by atoms with Gasteiger partial charge < -0.3 is 8.95 Å². The van der Waals surface area contributed by atoms with Crippen molar-refractivity contribution in [3.63, 3.8) is 0 Å². The predicted molar refractivity (Wildman–Crippen MR) is 120 cm³/mol. The molecule has 10 heteroatoms. The van der Waals surface area contributed by atoms with E-state index >= 15 is 0 Å². The standard InChI is InChI=1S/C21H22ClN5O3S/c1-2-15(31(29)30)10-18-16(24-20-9-13(22)6-8-25(18)20)12-26-19-11-23-7-5-17(19)27(21(26)28)14-3-4-14/h5-9,11,14-15H,2-4,10,12H2,1H3,(H,29,30). The molecular formula is C21H22ClN5O3S. The van der Waals surface area contributed by atoms with Crippen LogP contribution in [0.4, 0.5) is 0 Å². The molecule has 162 valence electrons. The third-order valence-electron chi connectivity index (χ3n) is 5.92. The normalized spacial score (nSPS) is 16.2. The molecule has 4 aromatic heterocycles. The van der Waals surface area contributed by atoms with Crippen LogP contribution in [0.3, 0.4) is 0 Å². The lowest BCUT2D eigenvalue weighted by Crippen LogP contribution is -2.25. The van der Waals surface area contributed by atoms with Gasteiger partial charge in [0.25, 0.3) is 0 Å². The van der Waals surface area contributed by atoms with Gasteiger partial charge in [-0.2, -0.15) is 0 Å². The summed E-state index contributed by atoms with van der Waals surface area (Å²) in [6, 6.07) is 5.62. The molecule has 31 heavy (non-hydrogen) atoms. The van der Waals surface area contributed by atoms with E-state index < -0.39 is 16.3 Å². The van der Waals surface area contributed by atoms with Crippen molar-refractivity contribution in [1.82, 2.24) is 23.5 Å². The largest absolute Gasteiger partial charge is 0.329 e. The van der Waals surface area contributed by atoms with Gasteiger partial charge in [-0.05, 0) is 31.4 Å². The second kappa shape index (κ2) is 7.89. The van der Waals surface area contributed by atoms with Gasteiger partial charge in [0.05, 0.1) is 34.7 Å². The second-order valence-corrected chi connectivity index (χ2v) is 9.58. The Balaban J connectivity index is 1.66. The number of hydrogen-bond acceptors (Lipinski definition) is 4. The van der Waals surface area contributed by atoms with Crippen molar-refractivity contribution in [3.8, 4) is 0 Å². The van der Waals surface area contributed by atoms with Gasteiger partial charge in [-0.25, -0.2) is 14.0 Å². The van der Waals surface area contributed by atoms with E-state index in [0.717, 1.165) is 29.6 Å². The highest BCUT2D eigenvalue weighted by Crippen LogP contribution is 2.36. The summed E-state index contributed by atoms with van der Waals surface area (Å²) in [5, 5.41) is 0.126. The summed E-state index contributed by atoms with van der Waals surface area (Å²) < 4.78 is 27.0. The molecule has 1 saturated carbocycles. The molecule has 1 aliphatic rings. The average molecular weight is 460 g/mol. The van der Waals surface area contributed by atoms with Crippen molar-refractivity contribution in [2.45, 2.75) is 50.4 Å². The summed E-state index contributed by atoms with van der Waals surface area (Å²) >= 11 is 4.20. The molecule has 0 aliphatic heterocycles. The number of fused-ring (bicyclic) bond motifs is 2. The third kappa shape index (κ3) is 3.60. The van der Waals surface area contributed by atoms with E-state index in [1.54, 1.807) is 29.1 Å². The Morgan fingerprint density at radius 1 is 1.32 bits per heavy atom. The molecule has 5 rings (SSSR count). The van der Waals surface area contributed by atoms with E-state index in [0.29, 0.717) is 29.2 Å². The van der Waals surface area contributed by atoms with Gasteiger partial charge in [-0.3, -0.25) is 14.1 Å². The Kier molecular flexibility index (Phi) is 5.19. The lowest BCUT2D eigenvalue weighted by atomic mass is 10.1. The molecule has 4 heterocycles. The maximum absolute atomic E-state index is 13.3. The van der Waals surface area contributed by atoms with Crippen molar-refractivity contribution in [2.75, 3.05) is 0 Å². The van der Waals surface area contributed by atoms with E-state index in [9.17, 15) is 13.6 Å². The van der Waals surface area contributed by atoms with Gasteiger partial charge in [0.1, 0.15) is 5.65 Å². The molecule has 0 amide bonds. The molecule has 1 N–H and O–H groups in total. The van der Waals surface area contributed by atoms with E-state index in [1.807, 2.05) is 28.2 Å². The number of pyridine rings is 2. The average Bonchev–Trinajstić information content (AvgIpc) is 3.47. The molecule has 4 aromatic rings. The molecule has 1 aliphatic carbocycles. The number of nitrogens with zero attached hydrogens (tertiary/aromatic N) is 5. The summed E-state index contributed by atoms with van der Waals surface area (Å²) in [5.41, 5.74) is 3.70. The fraction of sp³-hybridized carbons (Fsp3) is 0.381. The van der Waals surface area contributed by atoms with Crippen molar-refractivity contribution in [3.05, 3.63) is 63.7 Å². The Labute approximate surface area is 185 Å². The fourth-order valence-corrected chi connectivity index (χ4v) is 4.89. The van der Waals surface area contributed by atoms with Crippen LogP contribution in [0.25, 0.3) is 16.7 Å². The van der Waals surface area contributed by atoms with Gasteiger partial charge in [-0.15, -0.1) is 0 Å². The van der Waals surface area contributed by atoms with Gasteiger partial charge in [0, 0.05) is 41.6 Å². The summed E-state index contributed by atoms with van der Waals surface area (Å²) in [6.07, 6.45) is 8.14. The van der Waals surface area contributed by atoms with E-state index in [4.69, 9.17) is 16.6 Å². The smallest absolute Gasteiger partial charge is 0.306 e. The summed E-state index contributed by atoms with van der Waals surface area (Å²) in [4.78, 5) is 22.3. The Morgan fingerprint density at radius 2 is 2.13 bits per heavy atom. The maximum Gasteiger partial charge on any atom is 0.329 e. The first kappa shape index (κ1) is 20.4. The minimum Gasteiger partial charge on any atom is -0.306 e. The number of hydrogen-bond donors (Lipinski definition) is 1. The number of aromatic nitrogens is 5. The number of rotatable bonds is 7. The van der Waals surface area contributed by atoms with Crippen LogP contribution >= 0.6 is 11.6 Å². The lowest BCUT2D eigenvalue weighted by Gasteiger charge is -2.12. The highest BCUT2D eigenvalue weighted by Gasteiger charge is 2.29. The first-order valence-electron chi connectivity index (χ1n) is 10.3. The molecular weight excluding hydrogens is 438 g/mol. The van der Waals surface area contributed by atoms with Gasteiger partial charge in [0.2, 0.25) is 0 Å². The highest BCUT2D eigenvalue weighted by molar-refractivity contribution is 7.79. The van der Waals surface area contributed by atoms with Crippen LogP contribution in [0.15, 0.2) is 41.6 Å². The maximum atomic E-state index is 13.3. The third-order valence-corrected chi connectivity index (χ3v) is 7.22. The predicted octanol–water partition coefficient (Wildman–Crippen LogP) is 3.43. The van der Waals surface area contributed by atoms with Crippen LogP contribution in [-0.4, -0.2) is 37.5 Å². The van der Waals surface area contributed by atoms with Crippen molar-refractivity contribution < 1.29 is 8.76 Å². The van der Waals surface area contributed by atoms with Crippen molar-refractivity contribution in [1.29, 1.82) is 0 Å². The summed E-state index contributed by atoms with van der Waals surface area (Å²) in [6.45, 7) is 2.14. The molecule has 0 spiro atoms. The SMILES string of the molecule is CCC(Cc1c(Cn2c(=O)n(C3CC3)c3ccncc32)nc2cc(Cl)ccn12)S(=O)O. The van der Waals surface area contributed by atoms with Crippen LogP contribution < -0.4 is 5.69 Å². The van der Waals surface area contributed by atoms with Crippen LogP contribution in [0.2, 0.25) is 5.02 Å². The van der Waals surface area contributed by atoms with Crippen LogP contribution in [-0.2, 0) is 24.0 Å². The van der Waals surface area contributed by atoms with Gasteiger partial charge in [0.15, 0.2) is 11.1 Å². The van der Waals surface area contributed by atoms with Crippen LogP contribution in [0.1, 0.15) is 43.6 Å². The van der Waals surface area contributed by atoms with Crippen LogP contribution in [0.5, 0.6) is 0 Å². The molecule has 0 bridgehead atoms. The minimum absolute atomic E-state index is 0.0793.